The summed E-state index contributed by atoms with van der Waals surface area (Å²) in [6, 6.07) is 2.10. The molecule has 4 nitrogen and oxygen atoms in total. The standard InChI is InChI=1S/C16H28N2O2/c1-4-13-11-14(18(2)17-13)12-15(19)16(20-3)9-7-5-6-8-10-16/h11,15,19H,4-10,12H2,1-3H3. The zero-order valence-electron chi connectivity index (χ0n) is 13.1. The molecule has 1 aromatic rings. The molecular weight excluding hydrogens is 252 g/mol. The van der Waals surface area contributed by atoms with Gasteiger partial charge in [0.2, 0.25) is 0 Å². The van der Waals surface area contributed by atoms with Gasteiger partial charge in [0.05, 0.1) is 17.4 Å². The SMILES string of the molecule is CCc1cc(CC(O)C2(OC)CCCCCC2)n(C)n1. The summed E-state index contributed by atoms with van der Waals surface area (Å²) >= 11 is 0. The Morgan fingerprint density at radius 2 is 2.00 bits per heavy atom. The topological polar surface area (TPSA) is 47.3 Å². The Balaban J connectivity index is 2.11. The van der Waals surface area contributed by atoms with E-state index in [0.29, 0.717) is 6.42 Å². The molecule has 1 fully saturated rings. The minimum atomic E-state index is -0.453. The van der Waals surface area contributed by atoms with Crippen molar-refractivity contribution in [1.82, 2.24) is 9.78 Å². The monoisotopic (exact) mass is 280 g/mol. The lowest BCUT2D eigenvalue weighted by atomic mass is 9.85. The third-order valence-corrected chi connectivity index (χ3v) is 4.76. The van der Waals surface area contributed by atoms with Crippen LogP contribution in [0.2, 0.25) is 0 Å². The molecule has 2 rings (SSSR count). The molecule has 1 aromatic heterocycles. The number of aryl methyl sites for hydroxylation is 2. The second kappa shape index (κ2) is 6.72. The summed E-state index contributed by atoms with van der Waals surface area (Å²) in [5.41, 5.74) is 1.81. The molecule has 0 saturated heterocycles. The first-order valence-corrected chi connectivity index (χ1v) is 7.86. The van der Waals surface area contributed by atoms with Gasteiger partial charge in [-0.05, 0) is 25.3 Å². The van der Waals surface area contributed by atoms with Crippen LogP contribution in [0.15, 0.2) is 6.07 Å². The minimum absolute atomic E-state index is 0.368. The molecule has 0 amide bonds. The number of aliphatic hydroxyl groups is 1. The van der Waals surface area contributed by atoms with Crippen molar-refractivity contribution in [3.05, 3.63) is 17.5 Å². The lowest BCUT2D eigenvalue weighted by molar-refractivity contribution is -0.111. The third kappa shape index (κ3) is 3.23. The summed E-state index contributed by atoms with van der Waals surface area (Å²) in [5, 5.41) is 15.2. The molecule has 0 aromatic carbocycles. The molecule has 20 heavy (non-hydrogen) atoms. The quantitative estimate of drug-likeness (QED) is 0.843. The Kier molecular flexibility index (Phi) is 5.22. The molecule has 0 radical (unpaired) electrons. The van der Waals surface area contributed by atoms with Crippen molar-refractivity contribution < 1.29 is 9.84 Å². The molecule has 0 bridgehead atoms. The van der Waals surface area contributed by atoms with E-state index in [1.165, 1.54) is 12.8 Å². The van der Waals surface area contributed by atoms with Crippen molar-refractivity contribution >= 4 is 0 Å². The average molecular weight is 280 g/mol. The highest BCUT2D eigenvalue weighted by atomic mass is 16.5. The Hall–Kier alpha value is -0.870. The second-order valence-corrected chi connectivity index (χ2v) is 6.01. The molecule has 1 N–H and O–H groups in total. The minimum Gasteiger partial charge on any atom is -0.390 e. The van der Waals surface area contributed by atoms with Gasteiger partial charge in [-0.2, -0.15) is 5.10 Å². The zero-order valence-corrected chi connectivity index (χ0v) is 13.1. The Morgan fingerprint density at radius 3 is 2.50 bits per heavy atom. The fourth-order valence-corrected chi connectivity index (χ4v) is 3.32. The lowest BCUT2D eigenvalue weighted by Gasteiger charge is -2.36. The van der Waals surface area contributed by atoms with Crippen LogP contribution in [0.1, 0.15) is 56.8 Å². The maximum absolute atomic E-state index is 10.7. The van der Waals surface area contributed by atoms with E-state index in [4.69, 9.17) is 4.74 Å². The number of aromatic nitrogens is 2. The van der Waals surface area contributed by atoms with Crippen molar-refractivity contribution in [3.8, 4) is 0 Å². The Morgan fingerprint density at radius 1 is 1.35 bits per heavy atom. The molecular formula is C16H28N2O2. The van der Waals surface area contributed by atoms with E-state index in [1.54, 1.807) is 7.11 Å². The van der Waals surface area contributed by atoms with E-state index in [9.17, 15) is 5.11 Å². The predicted octanol–water partition coefficient (Wildman–Crippen LogP) is 2.63. The molecule has 1 aliphatic carbocycles. The molecule has 1 atom stereocenters. The van der Waals surface area contributed by atoms with E-state index < -0.39 is 6.10 Å². The summed E-state index contributed by atoms with van der Waals surface area (Å²) in [5.74, 6) is 0. The molecule has 1 heterocycles. The predicted molar refractivity (Wildman–Crippen MR) is 79.7 cm³/mol. The summed E-state index contributed by atoms with van der Waals surface area (Å²) in [4.78, 5) is 0. The van der Waals surface area contributed by atoms with E-state index in [-0.39, 0.29) is 5.60 Å². The van der Waals surface area contributed by atoms with Crippen LogP contribution in [0.25, 0.3) is 0 Å². The van der Waals surface area contributed by atoms with Gasteiger partial charge >= 0.3 is 0 Å². The van der Waals surface area contributed by atoms with Crippen molar-refractivity contribution in [2.45, 2.75) is 70.0 Å². The van der Waals surface area contributed by atoms with Gasteiger partial charge < -0.3 is 9.84 Å². The summed E-state index contributed by atoms with van der Waals surface area (Å²) in [7, 11) is 3.70. The van der Waals surface area contributed by atoms with Crippen LogP contribution in [-0.2, 0) is 24.6 Å². The fourth-order valence-electron chi connectivity index (χ4n) is 3.32. The fraction of sp³-hybridized carbons (Fsp3) is 0.812. The van der Waals surface area contributed by atoms with Gasteiger partial charge in [-0.1, -0.05) is 32.6 Å². The third-order valence-electron chi connectivity index (χ3n) is 4.76. The van der Waals surface area contributed by atoms with Gasteiger partial charge in [0.15, 0.2) is 0 Å². The maximum Gasteiger partial charge on any atom is 0.0940 e. The number of nitrogens with zero attached hydrogens (tertiary/aromatic N) is 2. The van der Waals surface area contributed by atoms with Gasteiger partial charge in [-0.3, -0.25) is 4.68 Å². The highest BCUT2D eigenvalue weighted by molar-refractivity contribution is 5.12. The van der Waals surface area contributed by atoms with Crippen molar-refractivity contribution in [2.24, 2.45) is 7.05 Å². The highest BCUT2D eigenvalue weighted by Gasteiger charge is 2.38. The van der Waals surface area contributed by atoms with Gasteiger partial charge in [-0.25, -0.2) is 0 Å². The molecule has 0 spiro atoms. The normalized spacial score (nSPS) is 20.6. The lowest BCUT2D eigenvalue weighted by Crippen LogP contribution is -2.45. The molecule has 1 aliphatic rings. The number of aliphatic hydroxyl groups excluding tert-OH is 1. The number of rotatable bonds is 5. The first kappa shape index (κ1) is 15.5. The maximum atomic E-state index is 10.7. The van der Waals surface area contributed by atoms with E-state index in [1.807, 2.05) is 11.7 Å². The first-order chi connectivity index (χ1) is 9.61. The smallest absolute Gasteiger partial charge is 0.0940 e. The molecule has 1 unspecified atom stereocenters. The van der Waals surface area contributed by atoms with Gasteiger partial charge in [0, 0.05) is 26.3 Å². The van der Waals surface area contributed by atoms with Crippen molar-refractivity contribution in [1.29, 1.82) is 0 Å². The Bertz CT molecular complexity index is 420. The molecule has 114 valence electrons. The Labute approximate surface area is 122 Å². The van der Waals surface area contributed by atoms with E-state index >= 15 is 0 Å². The van der Waals surface area contributed by atoms with Crippen LogP contribution in [0.5, 0.6) is 0 Å². The van der Waals surface area contributed by atoms with E-state index in [2.05, 4.69) is 18.1 Å². The average Bonchev–Trinajstić information content (AvgIpc) is 2.68. The summed E-state index contributed by atoms with van der Waals surface area (Å²) in [6.45, 7) is 2.10. The van der Waals surface area contributed by atoms with Crippen LogP contribution in [0, 0.1) is 0 Å². The summed E-state index contributed by atoms with van der Waals surface area (Å²) < 4.78 is 7.68. The number of methoxy groups -OCH3 is 1. The first-order valence-electron chi connectivity index (χ1n) is 7.86. The van der Waals surface area contributed by atoms with Gasteiger partial charge in [0.1, 0.15) is 0 Å². The highest BCUT2D eigenvalue weighted by Crippen LogP contribution is 2.34. The molecule has 4 heteroatoms. The van der Waals surface area contributed by atoms with Crippen LogP contribution in [-0.4, -0.2) is 33.7 Å². The van der Waals surface area contributed by atoms with Crippen LogP contribution in [0.4, 0.5) is 0 Å². The van der Waals surface area contributed by atoms with Crippen LogP contribution >= 0.6 is 0 Å². The van der Waals surface area contributed by atoms with Crippen LogP contribution < -0.4 is 0 Å². The second-order valence-electron chi connectivity index (χ2n) is 6.01. The molecule has 1 saturated carbocycles. The van der Waals surface area contributed by atoms with E-state index in [0.717, 1.165) is 43.5 Å². The number of ether oxygens (including phenoxy) is 1. The number of hydrogen-bond acceptors (Lipinski definition) is 3. The largest absolute Gasteiger partial charge is 0.390 e. The zero-order chi connectivity index (χ0) is 14.6. The van der Waals surface area contributed by atoms with Gasteiger partial charge in [0.25, 0.3) is 0 Å². The number of hydrogen-bond donors (Lipinski definition) is 1. The van der Waals surface area contributed by atoms with Crippen LogP contribution in [0.3, 0.4) is 0 Å². The van der Waals surface area contributed by atoms with Gasteiger partial charge in [-0.15, -0.1) is 0 Å². The van der Waals surface area contributed by atoms with Crippen molar-refractivity contribution in [3.63, 3.8) is 0 Å². The van der Waals surface area contributed by atoms with Crippen molar-refractivity contribution in [2.75, 3.05) is 7.11 Å². The summed E-state index contributed by atoms with van der Waals surface area (Å²) in [6.07, 6.45) is 7.83. The molecule has 0 aliphatic heterocycles.